The summed E-state index contributed by atoms with van der Waals surface area (Å²) in [4.78, 5) is 20.0. The third kappa shape index (κ3) is 6.27. The van der Waals surface area contributed by atoms with Crippen molar-refractivity contribution in [2.45, 2.75) is 51.0 Å². The van der Waals surface area contributed by atoms with Crippen LogP contribution in [-0.4, -0.2) is 49.4 Å². The van der Waals surface area contributed by atoms with Crippen LogP contribution in [0.15, 0.2) is 46.9 Å². The van der Waals surface area contributed by atoms with E-state index in [2.05, 4.69) is 16.4 Å². The summed E-state index contributed by atoms with van der Waals surface area (Å²) >= 11 is 0. The third-order valence-corrected chi connectivity index (χ3v) is 9.43. The van der Waals surface area contributed by atoms with Crippen molar-refractivity contribution in [1.82, 2.24) is 10.3 Å². The van der Waals surface area contributed by atoms with Gasteiger partial charge in [-0.05, 0) is 51.0 Å². The minimum atomic E-state index is -3.02. The SMILES string of the molecule is CC(C)(C#N)NC(=O)[C@@H]1CCCC[C@H]1c1oc(-c2ccc(F)cc2F)nc1-c1ccc(N2CCS(=O)(=O)CC2)cc1. The number of nitriles is 1. The van der Waals surface area contributed by atoms with Crippen LogP contribution in [0.25, 0.3) is 22.7 Å². The van der Waals surface area contributed by atoms with Crippen LogP contribution in [0.3, 0.4) is 0 Å². The van der Waals surface area contributed by atoms with Crippen molar-refractivity contribution in [2.24, 2.45) is 5.92 Å². The van der Waals surface area contributed by atoms with Gasteiger partial charge in [0, 0.05) is 42.2 Å². The van der Waals surface area contributed by atoms with E-state index in [-0.39, 0.29) is 34.8 Å². The van der Waals surface area contributed by atoms with E-state index in [0.717, 1.165) is 30.7 Å². The summed E-state index contributed by atoms with van der Waals surface area (Å²) in [5, 5.41) is 12.3. The van der Waals surface area contributed by atoms with Crippen molar-refractivity contribution < 1.29 is 26.4 Å². The van der Waals surface area contributed by atoms with Gasteiger partial charge in [-0.25, -0.2) is 22.2 Å². The lowest BCUT2D eigenvalue weighted by Crippen LogP contribution is -2.46. The van der Waals surface area contributed by atoms with Gasteiger partial charge in [0.25, 0.3) is 0 Å². The van der Waals surface area contributed by atoms with Crippen LogP contribution in [0, 0.1) is 28.9 Å². The van der Waals surface area contributed by atoms with Crippen LogP contribution >= 0.6 is 0 Å². The molecule has 216 valence electrons. The van der Waals surface area contributed by atoms with Gasteiger partial charge in [-0.3, -0.25) is 4.79 Å². The summed E-state index contributed by atoms with van der Waals surface area (Å²) in [5.74, 6) is -2.01. The van der Waals surface area contributed by atoms with E-state index < -0.39 is 32.9 Å². The highest BCUT2D eigenvalue weighted by Gasteiger charge is 2.38. The molecule has 0 spiro atoms. The number of carbonyl (C=O) groups is 1. The van der Waals surface area contributed by atoms with Gasteiger partial charge in [0.1, 0.15) is 28.6 Å². The van der Waals surface area contributed by atoms with Crippen LogP contribution in [0.5, 0.6) is 0 Å². The summed E-state index contributed by atoms with van der Waals surface area (Å²) in [6.07, 6.45) is 2.92. The van der Waals surface area contributed by atoms with E-state index in [1.807, 2.05) is 29.2 Å². The van der Waals surface area contributed by atoms with Crippen LogP contribution in [0.2, 0.25) is 0 Å². The van der Waals surface area contributed by atoms with Gasteiger partial charge < -0.3 is 14.6 Å². The van der Waals surface area contributed by atoms with Crippen LogP contribution in [0.4, 0.5) is 14.5 Å². The number of nitrogens with zero attached hydrogens (tertiary/aromatic N) is 3. The van der Waals surface area contributed by atoms with E-state index >= 15 is 0 Å². The minimum absolute atomic E-state index is 0.00692. The van der Waals surface area contributed by atoms with Crippen molar-refractivity contribution in [1.29, 1.82) is 5.26 Å². The lowest BCUT2D eigenvalue weighted by molar-refractivity contribution is -0.127. The fourth-order valence-corrected chi connectivity index (χ4v) is 6.76. The molecule has 1 aliphatic carbocycles. The largest absolute Gasteiger partial charge is 0.440 e. The maximum atomic E-state index is 14.8. The smallest absolute Gasteiger partial charge is 0.229 e. The molecule has 1 N–H and O–H groups in total. The van der Waals surface area contributed by atoms with Crippen LogP contribution < -0.4 is 10.2 Å². The molecule has 2 aromatic carbocycles. The number of oxazole rings is 1. The predicted molar refractivity (Wildman–Crippen MR) is 151 cm³/mol. The Bertz CT molecular complexity index is 1580. The van der Waals surface area contributed by atoms with E-state index in [9.17, 15) is 27.3 Å². The second-order valence-corrected chi connectivity index (χ2v) is 13.6. The van der Waals surface area contributed by atoms with Crippen molar-refractivity contribution in [2.75, 3.05) is 29.5 Å². The van der Waals surface area contributed by atoms with Gasteiger partial charge in [0.15, 0.2) is 9.84 Å². The van der Waals surface area contributed by atoms with E-state index in [4.69, 9.17) is 4.42 Å². The first-order valence-electron chi connectivity index (χ1n) is 13.7. The Kier molecular flexibility index (Phi) is 7.88. The molecular formula is C30H32F2N4O4S. The van der Waals surface area contributed by atoms with E-state index in [1.165, 1.54) is 6.07 Å². The Morgan fingerprint density at radius 1 is 1.10 bits per heavy atom. The Balaban J connectivity index is 1.54. The van der Waals surface area contributed by atoms with E-state index in [0.29, 0.717) is 42.9 Å². The molecule has 1 saturated carbocycles. The highest BCUT2D eigenvalue weighted by atomic mass is 32.2. The molecule has 1 aliphatic heterocycles. The number of hydrogen-bond donors (Lipinski definition) is 1. The summed E-state index contributed by atoms with van der Waals surface area (Å²) in [7, 11) is -3.02. The van der Waals surface area contributed by atoms with Gasteiger partial charge in [-0.1, -0.05) is 25.0 Å². The maximum absolute atomic E-state index is 14.8. The Labute approximate surface area is 238 Å². The molecule has 2 fully saturated rings. The Morgan fingerprint density at radius 2 is 1.78 bits per heavy atom. The maximum Gasteiger partial charge on any atom is 0.229 e. The fraction of sp³-hybridized carbons (Fsp3) is 0.433. The number of benzene rings is 2. The molecule has 11 heteroatoms. The zero-order valence-electron chi connectivity index (χ0n) is 23.0. The van der Waals surface area contributed by atoms with Gasteiger partial charge >= 0.3 is 0 Å². The second kappa shape index (κ2) is 11.2. The lowest BCUT2D eigenvalue weighted by atomic mass is 9.76. The molecule has 2 aliphatic rings. The molecule has 2 heterocycles. The molecule has 8 nitrogen and oxygen atoms in total. The van der Waals surface area contributed by atoms with Gasteiger partial charge in [0.2, 0.25) is 11.8 Å². The van der Waals surface area contributed by atoms with Crippen molar-refractivity contribution in [3.05, 3.63) is 59.9 Å². The van der Waals surface area contributed by atoms with E-state index in [1.54, 1.807) is 13.8 Å². The average molecular weight is 583 g/mol. The van der Waals surface area contributed by atoms with Gasteiger partial charge in [-0.2, -0.15) is 5.26 Å². The third-order valence-electron chi connectivity index (χ3n) is 7.82. The molecule has 1 saturated heterocycles. The zero-order valence-corrected chi connectivity index (χ0v) is 23.8. The van der Waals surface area contributed by atoms with Crippen molar-refractivity contribution in [3.63, 3.8) is 0 Å². The number of rotatable bonds is 6. The summed E-state index contributed by atoms with van der Waals surface area (Å²) in [6.45, 7) is 4.08. The lowest BCUT2D eigenvalue weighted by Gasteiger charge is -2.31. The number of carbonyl (C=O) groups excluding carboxylic acids is 1. The first kappa shape index (κ1) is 28.7. The summed E-state index contributed by atoms with van der Waals surface area (Å²) < 4.78 is 58.3. The molecule has 1 aromatic heterocycles. The zero-order chi connectivity index (χ0) is 29.4. The molecule has 2 atom stereocenters. The normalized spacial score (nSPS) is 20.8. The first-order valence-corrected chi connectivity index (χ1v) is 15.5. The number of sulfone groups is 1. The number of nitrogens with one attached hydrogen (secondary N) is 1. The molecule has 3 aromatic rings. The Hall–Kier alpha value is -3.78. The van der Waals surface area contributed by atoms with Crippen LogP contribution in [-0.2, 0) is 14.6 Å². The summed E-state index contributed by atoms with van der Waals surface area (Å²) in [6, 6.07) is 12.7. The standard InChI is InChI=1S/C30H32F2N4O4S/c1-30(2,18-33)35-28(37)23-6-4-3-5-22(23)27-26(34-29(40-27)24-12-9-20(31)17-25(24)32)19-7-10-21(11-8-19)36-13-15-41(38,39)16-14-36/h7-12,17,22-23H,3-6,13-16H2,1-2H3,(H,35,37)/t22-,23-/m1/s1. The number of aromatic nitrogens is 1. The number of halogens is 2. The fourth-order valence-electron chi connectivity index (χ4n) is 5.56. The first-order chi connectivity index (χ1) is 19.5. The topological polar surface area (TPSA) is 116 Å². The highest BCUT2D eigenvalue weighted by Crippen LogP contribution is 2.44. The molecular weight excluding hydrogens is 550 g/mol. The average Bonchev–Trinajstić information content (AvgIpc) is 3.38. The molecule has 0 bridgehead atoms. The number of anilines is 1. The second-order valence-electron chi connectivity index (χ2n) is 11.3. The highest BCUT2D eigenvalue weighted by molar-refractivity contribution is 7.91. The number of amides is 1. The quantitative estimate of drug-likeness (QED) is 0.424. The molecule has 1 amide bonds. The Morgan fingerprint density at radius 3 is 2.44 bits per heavy atom. The summed E-state index contributed by atoms with van der Waals surface area (Å²) in [5.41, 5.74) is 0.975. The molecule has 41 heavy (non-hydrogen) atoms. The minimum Gasteiger partial charge on any atom is -0.440 e. The van der Waals surface area contributed by atoms with Gasteiger partial charge in [0.05, 0.1) is 23.1 Å². The number of hydrogen-bond acceptors (Lipinski definition) is 7. The monoisotopic (exact) mass is 582 g/mol. The molecule has 0 unspecified atom stereocenters. The van der Waals surface area contributed by atoms with Gasteiger partial charge in [-0.15, -0.1) is 0 Å². The predicted octanol–water partition coefficient (Wildman–Crippen LogP) is 5.21. The molecule has 5 rings (SSSR count). The van der Waals surface area contributed by atoms with Crippen molar-refractivity contribution in [3.8, 4) is 28.8 Å². The van der Waals surface area contributed by atoms with Crippen LogP contribution in [0.1, 0.15) is 51.2 Å². The molecule has 0 radical (unpaired) electrons. The van der Waals surface area contributed by atoms with Crippen molar-refractivity contribution >= 4 is 21.4 Å².